The summed E-state index contributed by atoms with van der Waals surface area (Å²) in [6.45, 7) is 6.91. The van der Waals surface area contributed by atoms with Crippen LogP contribution in [0.2, 0.25) is 0 Å². The second-order valence-electron chi connectivity index (χ2n) is 8.53. The summed E-state index contributed by atoms with van der Waals surface area (Å²) in [5, 5.41) is 2.94. The van der Waals surface area contributed by atoms with E-state index in [0.29, 0.717) is 18.4 Å². The van der Waals surface area contributed by atoms with Gasteiger partial charge >= 0.3 is 0 Å². The van der Waals surface area contributed by atoms with E-state index >= 15 is 0 Å². The van der Waals surface area contributed by atoms with Crippen LogP contribution in [0.1, 0.15) is 65.4 Å². The number of nitrogens with one attached hydrogen (secondary N) is 1. The molecule has 0 bridgehead atoms. The molecule has 1 spiro atoms. The van der Waals surface area contributed by atoms with Gasteiger partial charge in [-0.25, -0.2) is 8.78 Å². The summed E-state index contributed by atoms with van der Waals surface area (Å²) in [7, 11) is 0. The van der Waals surface area contributed by atoms with Crippen LogP contribution in [0, 0.1) is 11.6 Å². The van der Waals surface area contributed by atoms with Crippen molar-refractivity contribution < 1.29 is 18.4 Å². The summed E-state index contributed by atoms with van der Waals surface area (Å²) >= 11 is 0. The number of nitrogens with zero attached hydrogens (tertiary/aromatic N) is 1. The van der Waals surface area contributed by atoms with E-state index in [-0.39, 0.29) is 11.6 Å². The Hall–Kier alpha value is -1.98. The molecule has 1 N–H and O–H groups in total. The molecule has 142 valence electrons. The quantitative estimate of drug-likeness (QED) is 0.824. The fourth-order valence-electron chi connectivity index (χ4n) is 4.58. The molecule has 6 heteroatoms. The van der Waals surface area contributed by atoms with Crippen LogP contribution in [-0.4, -0.2) is 23.4 Å². The first kappa shape index (κ1) is 18.8. The van der Waals surface area contributed by atoms with Crippen molar-refractivity contribution in [3.05, 3.63) is 29.3 Å². The van der Waals surface area contributed by atoms with Crippen LogP contribution in [0.25, 0.3) is 0 Å². The minimum atomic E-state index is -0.856. The monoisotopic (exact) mass is 364 g/mol. The van der Waals surface area contributed by atoms with Crippen molar-refractivity contribution in [1.29, 1.82) is 0 Å². The second-order valence-corrected chi connectivity index (χ2v) is 8.53. The van der Waals surface area contributed by atoms with Crippen molar-refractivity contribution in [3.8, 4) is 0 Å². The lowest BCUT2D eigenvalue weighted by Crippen LogP contribution is -2.59. The van der Waals surface area contributed by atoms with Gasteiger partial charge in [0.15, 0.2) is 0 Å². The van der Waals surface area contributed by atoms with Crippen LogP contribution >= 0.6 is 0 Å². The molecule has 1 saturated carbocycles. The Kier molecular flexibility index (Phi) is 4.57. The minimum Gasteiger partial charge on any atom is -0.350 e. The van der Waals surface area contributed by atoms with Crippen LogP contribution < -0.4 is 10.2 Å². The molecule has 0 aromatic heterocycles. The molecule has 2 amide bonds. The lowest BCUT2D eigenvalue weighted by molar-refractivity contribution is -0.128. The SMILES string of the molecule is CC(=O)N1c2c(F)cc(F)cc2C2(CCCCC2)C1C(=O)NC(C)(C)C. The first-order valence-electron chi connectivity index (χ1n) is 9.18. The fraction of sp³-hybridized carbons (Fsp3) is 0.600. The van der Waals surface area contributed by atoms with Crippen LogP contribution in [0.4, 0.5) is 14.5 Å². The van der Waals surface area contributed by atoms with Gasteiger partial charge in [-0.1, -0.05) is 19.3 Å². The van der Waals surface area contributed by atoms with Crippen LogP contribution in [0.15, 0.2) is 12.1 Å². The number of amides is 2. The normalized spacial score (nSPS) is 21.6. The van der Waals surface area contributed by atoms with E-state index in [4.69, 9.17) is 0 Å². The zero-order valence-electron chi connectivity index (χ0n) is 15.8. The van der Waals surface area contributed by atoms with E-state index in [9.17, 15) is 18.4 Å². The van der Waals surface area contributed by atoms with Crippen LogP contribution in [-0.2, 0) is 15.0 Å². The smallest absolute Gasteiger partial charge is 0.244 e. The topological polar surface area (TPSA) is 49.4 Å². The van der Waals surface area contributed by atoms with Gasteiger partial charge < -0.3 is 5.32 Å². The molecule has 0 saturated heterocycles. The fourth-order valence-corrected chi connectivity index (χ4v) is 4.58. The third-order valence-corrected chi connectivity index (χ3v) is 5.42. The summed E-state index contributed by atoms with van der Waals surface area (Å²) in [5.74, 6) is -2.18. The van der Waals surface area contributed by atoms with E-state index < -0.39 is 34.5 Å². The highest BCUT2D eigenvalue weighted by atomic mass is 19.1. The Labute approximate surface area is 152 Å². The number of fused-ring (bicyclic) bond motifs is 2. The molecule has 1 fully saturated rings. The Morgan fingerprint density at radius 1 is 1.15 bits per heavy atom. The van der Waals surface area contributed by atoms with Crippen molar-refractivity contribution in [2.75, 3.05) is 4.90 Å². The maximum atomic E-state index is 14.7. The number of benzene rings is 1. The molecule has 2 aliphatic rings. The largest absolute Gasteiger partial charge is 0.350 e. The van der Waals surface area contributed by atoms with Gasteiger partial charge in [0.25, 0.3) is 0 Å². The van der Waals surface area contributed by atoms with E-state index in [0.717, 1.165) is 25.3 Å². The number of rotatable bonds is 1. The number of halogens is 2. The van der Waals surface area contributed by atoms with E-state index in [2.05, 4.69) is 5.32 Å². The maximum Gasteiger partial charge on any atom is 0.244 e. The number of hydrogen-bond acceptors (Lipinski definition) is 2. The van der Waals surface area contributed by atoms with Gasteiger partial charge in [0, 0.05) is 23.9 Å². The summed E-state index contributed by atoms with van der Waals surface area (Å²) in [6.07, 6.45) is 4.01. The van der Waals surface area contributed by atoms with Crippen molar-refractivity contribution in [3.63, 3.8) is 0 Å². The van der Waals surface area contributed by atoms with E-state index in [1.54, 1.807) is 0 Å². The highest BCUT2D eigenvalue weighted by Crippen LogP contribution is 2.54. The predicted octanol–water partition coefficient (Wildman–Crippen LogP) is 3.82. The Morgan fingerprint density at radius 2 is 1.77 bits per heavy atom. The standard InChI is InChI=1S/C20H26F2N2O2/c1-12(25)24-16-14(10-13(21)11-15(16)22)20(8-6-5-7-9-20)17(24)18(26)23-19(2,3)4/h10-11,17H,5-9H2,1-4H3,(H,23,26). The molecule has 1 aliphatic carbocycles. The first-order valence-corrected chi connectivity index (χ1v) is 9.18. The van der Waals surface area contributed by atoms with Gasteiger partial charge in [-0.15, -0.1) is 0 Å². The molecule has 0 radical (unpaired) electrons. The Balaban J connectivity index is 2.21. The molecule has 1 aromatic carbocycles. The molecule has 1 unspecified atom stereocenters. The summed E-state index contributed by atoms with van der Waals surface area (Å²) < 4.78 is 28.8. The van der Waals surface area contributed by atoms with Crippen LogP contribution in [0.3, 0.4) is 0 Å². The first-order chi connectivity index (χ1) is 12.1. The summed E-state index contributed by atoms with van der Waals surface area (Å²) in [4.78, 5) is 26.9. The average molecular weight is 364 g/mol. The second kappa shape index (κ2) is 6.32. The molecule has 26 heavy (non-hydrogen) atoms. The van der Waals surface area contributed by atoms with Crippen molar-refractivity contribution in [2.24, 2.45) is 0 Å². The number of anilines is 1. The zero-order chi connectivity index (χ0) is 19.3. The summed E-state index contributed by atoms with van der Waals surface area (Å²) in [6, 6.07) is 1.24. The molecular weight excluding hydrogens is 338 g/mol. The predicted molar refractivity (Wildman–Crippen MR) is 96.0 cm³/mol. The maximum absolute atomic E-state index is 14.7. The minimum absolute atomic E-state index is 0.0647. The number of carbonyl (C=O) groups is 2. The number of hydrogen-bond donors (Lipinski definition) is 1. The summed E-state index contributed by atoms with van der Waals surface area (Å²) in [5.41, 5.74) is -0.709. The molecule has 1 heterocycles. The Morgan fingerprint density at radius 3 is 2.31 bits per heavy atom. The van der Waals surface area contributed by atoms with Crippen LogP contribution in [0.5, 0.6) is 0 Å². The Bertz CT molecular complexity index is 749. The lowest BCUT2D eigenvalue weighted by Gasteiger charge is -2.41. The molecule has 3 rings (SSSR count). The van der Waals surface area contributed by atoms with Gasteiger partial charge in [0.2, 0.25) is 11.8 Å². The van der Waals surface area contributed by atoms with E-state index in [1.165, 1.54) is 17.9 Å². The molecular formula is C20H26F2N2O2. The van der Waals surface area contributed by atoms with Gasteiger partial charge in [0.1, 0.15) is 17.7 Å². The molecule has 1 atom stereocenters. The highest BCUT2D eigenvalue weighted by molar-refractivity contribution is 6.04. The van der Waals surface area contributed by atoms with Gasteiger partial charge in [-0.2, -0.15) is 0 Å². The molecule has 4 nitrogen and oxygen atoms in total. The van der Waals surface area contributed by atoms with Gasteiger partial charge in [-0.05, 0) is 45.2 Å². The number of carbonyl (C=O) groups excluding carboxylic acids is 2. The third-order valence-electron chi connectivity index (χ3n) is 5.42. The molecule has 1 aromatic rings. The molecule has 1 aliphatic heterocycles. The average Bonchev–Trinajstić information content (AvgIpc) is 2.77. The highest BCUT2D eigenvalue weighted by Gasteiger charge is 2.57. The van der Waals surface area contributed by atoms with Gasteiger partial charge in [0.05, 0.1) is 5.69 Å². The van der Waals surface area contributed by atoms with Crippen molar-refractivity contribution in [2.45, 2.75) is 76.8 Å². The van der Waals surface area contributed by atoms with E-state index in [1.807, 2.05) is 20.8 Å². The van der Waals surface area contributed by atoms with Crippen molar-refractivity contribution in [1.82, 2.24) is 5.32 Å². The lowest BCUT2D eigenvalue weighted by atomic mass is 9.66. The third kappa shape index (κ3) is 2.99. The van der Waals surface area contributed by atoms with Crippen molar-refractivity contribution >= 4 is 17.5 Å². The van der Waals surface area contributed by atoms with Gasteiger partial charge in [-0.3, -0.25) is 14.5 Å². The zero-order valence-corrected chi connectivity index (χ0v) is 15.8.